The lowest BCUT2D eigenvalue weighted by atomic mass is 10.2. The predicted molar refractivity (Wildman–Crippen MR) is 57.3 cm³/mol. The zero-order chi connectivity index (χ0) is 9.68. The fourth-order valence-corrected chi connectivity index (χ4v) is 2.05. The molecule has 0 aliphatic heterocycles. The molecule has 1 atom stereocenters. The largest absolute Gasteiger partial charge is 0.395 e. The van der Waals surface area contributed by atoms with E-state index in [9.17, 15) is 0 Å². The minimum absolute atomic E-state index is 0.190. The van der Waals surface area contributed by atoms with Crippen LogP contribution in [0.5, 0.6) is 0 Å². The van der Waals surface area contributed by atoms with Crippen LogP contribution in [0.2, 0.25) is 5.02 Å². The van der Waals surface area contributed by atoms with Gasteiger partial charge in [0.05, 0.1) is 11.6 Å². The smallest absolute Gasteiger partial charge is 0.0584 e. The Kier molecular flexibility index (Phi) is 4.73. The van der Waals surface area contributed by atoms with Gasteiger partial charge in [-0.25, -0.2) is 0 Å². The maximum atomic E-state index is 8.92. The van der Waals surface area contributed by atoms with Crippen LogP contribution in [0.1, 0.15) is 18.2 Å². The van der Waals surface area contributed by atoms with Gasteiger partial charge in [-0.05, 0) is 12.5 Å². The Morgan fingerprint density at radius 2 is 2.46 bits per heavy atom. The third-order valence-corrected chi connectivity index (χ3v) is 3.18. The van der Waals surface area contributed by atoms with Gasteiger partial charge < -0.3 is 10.4 Å². The van der Waals surface area contributed by atoms with E-state index in [-0.39, 0.29) is 12.6 Å². The summed E-state index contributed by atoms with van der Waals surface area (Å²) in [5.41, 5.74) is 0. The maximum absolute atomic E-state index is 8.92. The van der Waals surface area contributed by atoms with Crippen molar-refractivity contribution in [2.75, 3.05) is 6.61 Å². The molecule has 0 bridgehead atoms. The van der Waals surface area contributed by atoms with Gasteiger partial charge in [0.15, 0.2) is 0 Å². The van der Waals surface area contributed by atoms with Crippen molar-refractivity contribution in [3.05, 3.63) is 21.3 Å². The monoisotopic (exact) mass is 219 g/mol. The van der Waals surface area contributed by atoms with Crippen molar-refractivity contribution < 1.29 is 5.11 Å². The van der Waals surface area contributed by atoms with Crippen LogP contribution in [0.3, 0.4) is 0 Å². The molecule has 2 nitrogen and oxygen atoms in total. The Balaban J connectivity index is 2.33. The number of thiophene rings is 1. The van der Waals surface area contributed by atoms with E-state index in [2.05, 4.69) is 12.2 Å². The fraction of sp³-hybridized carbons (Fsp3) is 0.556. The first kappa shape index (κ1) is 11.0. The number of halogens is 1. The molecular weight excluding hydrogens is 206 g/mol. The number of rotatable bonds is 5. The summed E-state index contributed by atoms with van der Waals surface area (Å²) >= 11 is 7.41. The normalized spacial score (nSPS) is 13.2. The van der Waals surface area contributed by atoms with Crippen LogP contribution in [-0.2, 0) is 6.54 Å². The summed E-state index contributed by atoms with van der Waals surface area (Å²) in [7, 11) is 0. The summed E-state index contributed by atoms with van der Waals surface area (Å²) in [6.45, 7) is 3.03. The van der Waals surface area contributed by atoms with Crippen molar-refractivity contribution in [2.24, 2.45) is 0 Å². The topological polar surface area (TPSA) is 32.3 Å². The summed E-state index contributed by atoms with van der Waals surface area (Å²) in [5.74, 6) is 0. The van der Waals surface area contributed by atoms with Crippen molar-refractivity contribution >= 4 is 22.9 Å². The molecule has 1 aromatic rings. The van der Waals surface area contributed by atoms with E-state index in [1.165, 1.54) is 4.88 Å². The molecule has 0 saturated heterocycles. The Hall–Kier alpha value is -0.0900. The molecule has 2 N–H and O–H groups in total. The number of hydrogen-bond donors (Lipinski definition) is 2. The molecule has 0 unspecified atom stereocenters. The van der Waals surface area contributed by atoms with Gasteiger partial charge in [0, 0.05) is 22.8 Å². The molecule has 0 aliphatic carbocycles. The first-order valence-electron chi connectivity index (χ1n) is 4.33. The molecule has 0 radical (unpaired) electrons. The highest BCUT2D eigenvalue weighted by Crippen LogP contribution is 2.18. The van der Waals surface area contributed by atoms with Crippen molar-refractivity contribution in [1.29, 1.82) is 0 Å². The second-order valence-corrected chi connectivity index (χ2v) is 4.33. The zero-order valence-electron chi connectivity index (χ0n) is 7.59. The fourth-order valence-electron chi connectivity index (χ4n) is 1.03. The van der Waals surface area contributed by atoms with Crippen molar-refractivity contribution in [3.63, 3.8) is 0 Å². The van der Waals surface area contributed by atoms with Crippen LogP contribution in [0.4, 0.5) is 0 Å². The molecule has 0 amide bonds. The van der Waals surface area contributed by atoms with E-state index in [0.717, 1.165) is 18.0 Å². The SMILES string of the molecule is CC[C@@H](CO)NCc1cc(Cl)cs1. The lowest BCUT2D eigenvalue weighted by Crippen LogP contribution is -2.30. The van der Waals surface area contributed by atoms with E-state index >= 15 is 0 Å². The highest BCUT2D eigenvalue weighted by molar-refractivity contribution is 7.10. The summed E-state index contributed by atoms with van der Waals surface area (Å²) in [6.07, 6.45) is 0.940. The van der Waals surface area contributed by atoms with E-state index < -0.39 is 0 Å². The van der Waals surface area contributed by atoms with Gasteiger partial charge in [0.2, 0.25) is 0 Å². The van der Waals surface area contributed by atoms with Crippen molar-refractivity contribution in [1.82, 2.24) is 5.32 Å². The standard InChI is InChI=1S/C9H14ClNOS/c1-2-8(5-12)11-4-9-3-7(10)6-13-9/h3,6,8,11-12H,2,4-5H2,1H3/t8-/m0/s1. The molecule has 0 aromatic carbocycles. The summed E-state index contributed by atoms with van der Waals surface area (Å²) in [5, 5.41) is 14.9. The molecule has 0 aliphatic rings. The van der Waals surface area contributed by atoms with Gasteiger partial charge in [0.1, 0.15) is 0 Å². The molecule has 1 heterocycles. The lowest BCUT2D eigenvalue weighted by molar-refractivity contribution is 0.238. The van der Waals surface area contributed by atoms with Gasteiger partial charge in [-0.15, -0.1) is 11.3 Å². The van der Waals surface area contributed by atoms with Crippen LogP contribution in [-0.4, -0.2) is 17.8 Å². The summed E-state index contributed by atoms with van der Waals surface area (Å²) < 4.78 is 0. The van der Waals surface area contributed by atoms with E-state index in [1.54, 1.807) is 11.3 Å². The molecule has 0 spiro atoms. The van der Waals surface area contributed by atoms with Gasteiger partial charge >= 0.3 is 0 Å². The number of nitrogens with one attached hydrogen (secondary N) is 1. The van der Waals surface area contributed by atoms with E-state index in [0.29, 0.717) is 0 Å². The second kappa shape index (κ2) is 5.60. The number of hydrogen-bond acceptors (Lipinski definition) is 3. The second-order valence-electron chi connectivity index (χ2n) is 2.90. The van der Waals surface area contributed by atoms with Crippen LogP contribution < -0.4 is 5.32 Å². The van der Waals surface area contributed by atoms with Gasteiger partial charge in [-0.2, -0.15) is 0 Å². The highest BCUT2D eigenvalue weighted by Gasteiger charge is 2.04. The average Bonchev–Trinajstić information content (AvgIpc) is 2.53. The number of aliphatic hydroxyl groups is 1. The van der Waals surface area contributed by atoms with E-state index in [4.69, 9.17) is 16.7 Å². The molecule has 13 heavy (non-hydrogen) atoms. The van der Waals surface area contributed by atoms with Crippen LogP contribution >= 0.6 is 22.9 Å². The predicted octanol–water partition coefficient (Wildman–Crippen LogP) is 2.26. The molecule has 74 valence electrons. The average molecular weight is 220 g/mol. The molecular formula is C9H14ClNOS. The quantitative estimate of drug-likeness (QED) is 0.797. The Morgan fingerprint density at radius 3 is 2.92 bits per heavy atom. The minimum Gasteiger partial charge on any atom is -0.395 e. The third-order valence-electron chi connectivity index (χ3n) is 1.90. The van der Waals surface area contributed by atoms with Gasteiger partial charge in [-0.3, -0.25) is 0 Å². The lowest BCUT2D eigenvalue weighted by Gasteiger charge is -2.12. The summed E-state index contributed by atoms with van der Waals surface area (Å²) in [4.78, 5) is 1.21. The molecule has 1 aromatic heterocycles. The third kappa shape index (κ3) is 3.65. The summed E-state index contributed by atoms with van der Waals surface area (Å²) in [6, 6.07) is 2.14. The highest BCUT2D eigenvalue weighted by atomic mass is 35.5. The Morgan fingerprint density at radius 1 is 1.69 bits per heavy atom. The first-order chi connectivity index (χ1) is 6.26. The molecule has 4 heteroatoms. The van der Waals surface area contributed by atoms with Crippen molar-refractivity contribution in [2.45, 2.75) is 25.9 Å². The van der Waals surface area contributed by atoms with Crippen LogP contribution in [0, 0.1) is 0 Å². The van der Waals surface area contributed by atoms with Crippen LogP contribution in [0.25, 0.3) is 0 Å². The molecule has 0 saturated carbocycles. The van der Waals surface area contributed by atoms with E-state index in [1.807, 2.05) is 11.4 Å². The van der Waals surface area contributed by atoms with Crippen molar-refractivity contribution in [3.8, 4) is 0 Å². The van der Waals surface area contributed by atoms with Crippen LogP contribution in [0.15, 0.2) is 11.4 Å². The maximum Gasteiger partial charge on any atom is 0.0584 e. The first-order valence-corrected chi connectivity index (χ1v) is 5.59. The Labute approximate surface area is 87.5 Å². The van der Waals surface area contributed by atoms with Gasteiger partial charge in [-0.1, -0.05) is 18.5 Å². The Bertz CT molecular complexity index is 248. The zero-order valence-corrected chi connectivity index (χ0v) is 9.16. The molecule has 1 rings (SSSR count). The minimum atomic E-state index is 0.190. The van der Waals surface area contributed by atoms with Gasteiger partial charge in [0.25, 0.3) is 0 Å². The molecule has 0 fully saturated rings. The number of aliphatic hydroxyl groups excluding tert-OH is 1.